The van der Waals surface area contributed by atoms with Crippen LogP contribution < -0.4 is 5.73 Å². The third kappa shape index (κ3) is 2.20. The van der Waals surface area contributed by atoms with Crippen LogP contribution in [0.25, 0.3) is 11.1 Å². The molecule has 18 heavy (non-hydrogen) atoms. The first-order chi connectivity index (χ1) is 8.39. The second-order valence-electron chi connectivity index (χ2n) is 3.49. The van der Waals surface area contributed by atoms with Gasteiger partial charge in [0.1, 0.15) is 0 Å². The molecule has 0 unspecified atom stereocenters. The third-order valence-electron chi connectivity index (χ3n) is 2.24. The fourth-order valence-corrected chi connectivity index (χ4v) is 1.54. The highest BCUT2D eigenvalue weighted by molar-refractivity contribution is 5.71. The highest BCUT2D eigenvalue weighted by atomic mass is 19.4. The summed E-state index contributed by atoms with van der Waals surface area (Å²) in [7, 11) is 0. The molecule has 0 fully saturated rings. The lowest BCUT2D eigenvalue weighted by Gasteiger charge is -2.13. The van der Waals surface area contributed by atoms with Gasteiger partial charge in [-0.2, -0.15) is 18.2 Å². The normalized spacial score (nSPS) is 11.5. The summed E-state index contributed by atoms with van der Waals surface area (Å²) in [6.45, 7) is 0. The van der Waals surface area contributed by atoms with Gasteiger partial charge in [0.2, 0.25) is 11.8 Å². The average Bonchev–Trinajstić information content (AvgIpc) is 2.28. The molecule has 1 heterocycles. The Morgan fingerprint density at radius 3 is 2.22 bits per heavy atom. The molecule has 4 nitrogen and oxygen atoms in total. The Balaban J connectivity index is 2.74. The predicted molar refractivity (Wildman–Crippen MR) is 58.5 cm³/mol. The molecule has 0 aliphatic rings. The van der Waals surface area contributed by atoms with Crippen molar-refractivity contribution in [1.29, 1.82) is 0 Å². The molecule has 0 radical (unpaired) electrons. The van der Waals surface area contributed by atoms with Crippen LogP contribution in [0.4, 0.5) is 19.1 Å². The number of alkyl halides is 3. The molecule has 0 atom stereocenters. The smallest absolute Gasteiger partial charge is 0.434 e. The number of nitrogen functional groups attached to an aromatic ring is 1. The van der Waals surface area contributed by atoms with Crippen molar-refractivity contribution in [3.63, 3.8) is 0 Å². The standard InChI is InChI=1S/C11H8F3N3O/c12-11(13,14)8-7(6-4-2-1-3-5-6)9(18)17-10(15)16-8/h1-5H,(H3,15,16,17,18). The van der Waals surface area contributed by atoms with E-state index in [0.717, 1.165) is 0 Å². The number of aromatic nitrogens is 2. The van der Waals surface area contributed by atoms with Crippen LogP contribution >= 0.6 is 0 Å². The first-order valence-electron chi connectivity index (χ1n) is 4.88. The van der Waals surface area contributed by atoms with Crippen LogP contribution in [0.1, 0.15) is 5.69 Å². The lowest BCUT2D eigenvalue weighted by molar-refractivity contribution is -0.140. The number of hydrogen-bond donors (Lipinski definition) is 2. The topological polar surface area (TPSA) is 72.0 Å². The Hall–Kier alpha value is -2.31. The molecule has 0 aliphatic carbocycles. The molecule has 1 aromatic heterocycles. The van der Waals surface area contributed by atoms with Crippen LogP contribution in [0.3, 0.4) is 0 Å². The van der Waals surface area contributed by atoms with E-state index in [-0.39, 0.29) is 5.56 Å². The van der Waals surface area contributed by atoms with Crippen molar-refractivity contribution < 1.29 is 18.3 Å². The van der Waals surface area contributed by atoms with Crippen LogP contribution in [0.15, 0.2) is 30.3 Å². The van der Waals surface area contributed by atoms with Crippen LogP contribution in [0, 0.1) is 0 Å². The van der Waals surface area contributed by atoms with E-state index in [0.29, 0.717) is 0 Å². The molecule has 7 heteroatoms. The van der Waals surface area contributed by atoms with Gasteiger partial charge in [-0.15, -0.1) is 0 Å². The fourth-order valence-electron chi connectivity index (χ4n) is 1.54. The second kappa shape index (κ2) is 4.17. The van der Waals surface area contributed by atoms with Gasteiger partial charge in [0.05, 0.1) is 5.56 Å². The van der Waals surface area contributed by atoms with Gasteiger partial charge in [0.25, 0.3) is 0 Å². The molecule has 0 saturated carbocycles. The molecule has 2 aromatic rings. The van der Waals surface area contributed by atoms with E-state index in [4.69, 9.17) is 5.73 Å². The van der Waals surface area contributed by atoms with E-state index >= 15 is 0 Å². The molecule has 0 amide bonds. The van der Waals surface area contributed by atoms with Crippen molar-refractivity contribution in [2.75, 3.05) is 5.73 Å². The van der Waals surface area contributed by atoms with Gasteiger partial charge in [0, 0.05) is 0 Å². The zero-order valence-electron chi connectivity index (χ0n) is 8.94. The van der Waals surface area contributed by atoms with Gasteiger partial charge >= 0.3 is 6.18 Å². The summed E-state index contributed by atoms with van der Waals surface area (Å²) in [5.41, 5.74) is 3.56. The summed E-state index contributed by atoms with van der Waals surface area (Å²) in [4.78, 5) is 6.51. The Morgan fingerprint density at radius 1 is 1.06 bits per heavy atom. The van der Waals surface area contributed by atoms with Gasteiger partial charge in [-0.3, -0.25) is 0 Å². The molecule has 0 saturated heterocycles. The summed E-state index contributed by atoms with van der Waals surface area (Å²) in [6, 6.07) is 7.58. The van der Waals surface area contributed by atoms with Gasteiger partial charge in [-0.25, -0.2) is 4.98 Å². The van der Waals surface area contributed by atoms with Crippen molar-refractivity contribution in [2.24, 2.45) is 0 Å². The largest absolute Gasteiger partial charge is 0.493 e. The van der Waals surface area contributed by atoms with E-state index < -0.39 is 29.3 Å². The summed E-state index contributed by atoms with van der Waals surface area (Å²) in [5, 5.41) is 9.56. The highest BCUT2D eigenvalue weighted by Crippen LogP contribution is 2.39. The maximum Gasteiger partial charge on any atom is 0.434 e. The van der Waals surface area contributed by atoms with Crippen LogP contribution in [0.2, 0.25) is 0 Å². The van der Waals surface area contributed by atoms with E-state index in [9.17, 15) is 18.3 Å². The molecule has 2 rings (SSSR count). The van der Waals surface area contributed by atoms with Crippen molar-refractivity contribution in [1.82, 2.24) is 9.97 Å². The molecule has 1 aromatic carbocycles. The van der Waals surface area contributed by atoms with Crippen molar-refractivity contribution in [3.8, 4) is 17.0 Å². The highest BCUT2D eigenvalue weighted by Gasteiger charge is 2.38. The Bertz CT molecular complexity index is 570. The quantitative estimate of drug-likeness (QED) is 0.821. The van der Waals surface area contributed by atoms with Crippen LogP contribution in [-0.4, -0.2) is 15.1 Å². The molecule has 0 spiro atoms. The predicted octanol–water partition coefficient (Wildman–Crippen LogP) is 2.45. The number of nitrogens with zero attached hydrogens (tertiary/aromatic N) is 2. The van der Waals surface area contributed by atoms with Crippen molar-refractivity contribution in [2.45, 2.75) is 6.18 Å². The van der Waals surface area contributed by atoms with E-state index in [2.05, 4.69) is 9.97 Å². The fraction of sp³-hybridized carbons (Fsp3) is 0.0909. The van der Waals surface area contributed by atoms with E-state index in [1.54, 1.807) is 18.2 Å². The zero-order chi connectivity index (χ0) is 13.3. The van der Waals surface area contributed by atoms with Gasteiger partial charge in [-0.05, 0) is 5.56 Å². The van der Waals surface area contributed by atoms with Gasteiger partial charge in [-0.1, -0.05) is 30.3 Å². The number of aromatic hydroxyl groups is 1. The maximum atomic E-state index is 12.8. The summed E-state index contributed by atoms with van der Waals surface area (Å²) >= 11 is 0. The summed E-state index contributed by atoms with van der Waals surface area (Å²) in [5.74, 6) is -1.42. The molecular weight excluding hydrogens is 247 g/mol. The number of rotatable bonds is 1. The van der Waals surface area contributed by atoms with Crippen molar-refractivity contribution >= 4 is 5.95 Å². The number of benzene rings is 1. The Morgan fingerprint density at radius 2 is 1.67 bits per heavy atom. The number of halogens is 3. The minimum Gasteiger partial charge on any atom is -0.493 e. The monoisotopic (exact) mass is 255 g/mol. The molecule has 0 bridgehead atoms. The van der Waals surface area contributed by atoms with Gasteiger partial charge < -0.3 is 10.8 Å². The lowest BCUT2D eigenvalue weighted by atomic mass is 10.0. The Labute approximate surface area is 99.9 Å². The second-order valence-corrected chi connectivity index (χ2v) is 3.49. The lowest BCUT2D eigenvalue weighted by Crippen LogP contribution is -2.13. The molecular formula is C11H8F3N3O. The van der Waals surface area contributed by atoms with Gasteiger partial charge in [0.15, 0.2) is 5.69 Å². The number of nitrogens with two attached hydrogens (primary N) is 1. The average molecular weight is 255 g/mol. The van der Waals surface area contributed by atoms with E-state index in [1.807, 2.05) is 0 Å². The molecule has 3 N–H and O–H groups in total. The molecule has 94 valence electrons. The first kappa shape index (κ1) is 12.2. The number of hydrogen-bond acceptors (Lipinski definition) is 4. The van der Waals surface area contributed by atoms with E-state index in [1.165, 1.54) is 12.1 Å². The third-order valence-corrected chi connectivity index (χ3v) is 2.24. The Kier molecular flexibility index (Phi) is 2.82. The van der Waals surface area contributed by atoms with Crippen LogP contribution in [0.5, 0.6) is 5.88 Å². The zero-order valence-corrected chi connectivity index (χ0v) is 8.94. The number of anilines is 1. The summed E-state index contributed by atoms with van der Waals surface area (Å²) < 4.78 is 38.5. The minimum absolute atomic E-state index is 0.169. The molecule has 0 aliphatic heterocycles. The van der Waals surface area contributed by atoms with Crippen molar-refractivity contribution in [3.05, 3.63) is 36.0 Å². The minimum atomic E-state index is -4.72. The van der Waals surface area contributed by atoms with Crippen LogP contribution in [-0.2, 0) is 6.18 Å². The SMILES string of the molecule is Nc1nc(O)c(-c2ccccc2)c(C(F)(F)F)n1. The maximum absolute atomic E-state index is 12.8. The summed E-state index contributed by atoms with van der Waals surface area (Å²) in [6.07, 6.45) is -4.72. The first-order valence-corrected chi connectivity index (χ1v) is 4.88.